The van der Waals surface area contributed by atoms with Gasteiger partial charge in [-0.1, -0.05) is 19.3 Å². The van der Waals surface area contributed by atoms with E-state index in [2.05, 4.69) is 16.8 Å². The van der Waals surface area contributed by atoms with Crippen LogP contribution in [0.25, 0.3) is 0 Å². The van der Waals surface area contributed by atoms with Crippen molar-refractivity contribution in [3.8, 4) is 0 Å². The highest BCUT2D eigenvalue weighted by molar-refractivity contribution is 5.80. The molecule has 0 aromatic rings. The summed E-state index contributed by atoms with van der Waals surface area (Å²) in [5.74, 6) is 1.42. The fourth-order valence-electron chi connectivity index (χ4n) is 4.14. The molecule has 0 aromatic carbocycles. The summed E-state index contributed by atoms with van der Waals surface area (Å²) in [5, 5.41) is 0. The molecule has 1 aliphatic carbocycles. The zero-order valence-electron chi connectivity index (χ0n) is 11.6. The lowest BCUT2D eigenvalue weighted by molar-refractivity contribution is -0.128. The zero-order valence-corrected chi connectivity index (χ0v) is 11.6. The van der Waals surface area contributed by atoms with Gasteiger partial charge >= 0.3 is 0 Å². The third-order valence-corrected chi connectivity index (χ3v) is 5.26. The van der Waals surface area contributed by atoms with Crippen molar-refractivity contribution in [1.82, 2.24) is 9.80 Å². The summed E-state index contributed by atoms with van der Waals surface area (Å²) in [5.41, 5.74) is 0. The number of likely N-dealkylation sites (tertiary alicyclic amines) is 1. The number of carbonyl (C=O) groups excluding carboxylic acids is 1. The first kappa shape index (κ1) is 12.6. The molecule has 3 fully saturated rings. The van der Waals surface area contributed by atoms with Gasteiger partial charge in [-0.15, -0.1) is 0 Å². The molecule has 3 aliphatic rings. The number of nitrogens with zero attached hydrogens (tertiary/aromatic N) is 2. The molecule has 2 heterocycles. The van der Waals surface area contributed by atoms with Gasteiger partial charge in [0.25, 0.3) is 0 Å². The van der Waals surface area contributed by atoms with Crippen LogP contribution in [0.1, 0.15) is 44.9 Å². The van der Waals surface area contributed by atoms with Gasteiger partial charge in [0.05, 0.1) is 0 Å². The predicted octanol–water partition coefficient (Wildman–Crippen LogP) is 1.91. The van der Waals surface area contributed by atoms with E-state index in [0.717, 1.165) is 31.8 Å². The third-order valence-electron chi connectivity index (χ3n) is 5.26. The van der Waals surface area contributed by atoms with E-state index >= 15 is 0 Å². The summed E-state index contributed by atoms with van der Waals surface area (Å²) in [6.07, 6.45) is 8.75. The number of hydrogen-bond acceptors (Lipinski definition) is 3. The van der Waals surface area contributed by atoms with E-state index in [1.54, 1.807) is 0 Å². The van der Waals surface area contributed by atoms with Gasteiger partial charge < -0.3 is 0 Å². The smallest absolute Gasteiger partial charge is 0.136 e. The quantitative estimate of drug-likeness (QED) is 0.748. The van der Waals surface area contributed by atoms with Crippen LogP contribution < -0.4 is 0 Å². The number of fused-ring (bicyclic) bond motifs is 2. The van der Waals surface area contributed by atoms with Gasteiger partial charge in [0.15, 0.2) is 0 Å². The van der Waals surface area contributed by atoms with E-state index in [-0.39, 0.29) is 0 Å². The normalized spacial score (nSPS) is 35.9. The van der Waals surface area contributed by atoms with Gasteiger partial charge in [-0.3, -0.25) is 14.6 Å². The van der Waals surface area contributed by atoms with Crippen LogP contribution in [0, 0.1) is 5.92 Å². The molecule has 2 atom stereocenters. The summed E-state index contributed by atoms with van der Waals surface area (Å²) < 4.78 is 0. The van der Waals surface area contributed by atoms with Crippen molar-refractivity contribution < 1.29 is 4.79 Å². The van der Waals surface area contributed by atoms with Crippen molar-refractivity contribution in [2.75, 3.05) is 26.7 Å². The average Bonchev–Trinajstić information content (AvgIpc) is 2.33. The molecule has 0 N–H and O–H groups in total. The molecule has 1 saturated carbocycles. The maximum Gasteiger partial charge on any atom is 0.136 e. The van der Waals surface area contributed by atoms with Crippen molar-refractivity contribution in [2.45, 2.75) is 57.0 Å². The Morgan fingerprint density at radius 2 is 1.67 bits per heavy atom. The number of rotatable bonds is 2. The minimum absolute atomic E-state index is 0.486. The van der Waals surface area contributed by atoms with E-state index in [9.17, 15) is 4.79 Å². The van der Waals surface area contributed by atoms with Crippen molar-refractivity contribution in [3.63, 3.8) is 0 Å². The first-order chi connectivity index (χ1) is 8.72. The fraction of sp³-hybridized carbons (Fsp3) is 0.933. The topological polar surface area (TPSA) is 23.6 Å². The SMILES string of the molecule is CN1C2CC(=O)CC1CN(CC1CCCCC1)C2. The molecular weight excluding hydrogens is 224 g/mol. The van der Waals surface area contributed by atoms with E-state index in [1.165, 1.54) is 38.6 Å². The number of ketones is 1. The molecule has 102 valence electrons. The highest BCUT2D eigenvalue weighted by Gasteiger charge is 2.38. The average molecular weight is 250 g/mol. The van der Waals surface area contributed by atoms with Crippen LogP contribution in [0.5, 0.6) is 0 Å². The van der Waals surface area contributed by atoms with Crippen molar-refractivity contribution >= 4 is 5.78 Å². The molecule has 0 radical (unpaired) electrons. The van der Waals surface area contributed by atoms with Crippen LogP contribution in [0.3, 0.4) is 0 Å². The summed E-state index contributed by atoms with van der Waals surface area (Å²) in [6, 6.07) is 0.988. The molecule has 3 rings (SSSR count). The van der Waals surface area contributed by atoms with Gasteiger partial charge in [0, 0.05) is 44.6 Å². The largest absolute Gasteiger partial charge is 0.300 e. The number of carbonyl (C=O) groups is 1. The minimum Gasteiger partial charge on any atom is -0.300 e. The minimum atomic E-state index is 0.486. The Kier molecular flexibility index (Phi) is 3.71. The van der Waals surface area contributed by atoms with E-state index in [4.69, 9.17) is 0 Å². The zero-order chi connectivity index (χ0) is 12.5. The third kappa shape index (κ3) is 2.62. The second-order valence-corrected chi connectivity index (χ2v) is 6.64. The van der Waals surface area contributed by atoms with Crippen LogP contribution in [0.4, 0.5) is 0 Å². The van der Waals surface area contributed by atoms with Crippen LogP contribution in [-0.2, 0) is 4.79 Å². The lowest BCUT2D eigenvalue weighted by Crippen LogP contribution is -2.61. The second kappa shape index (κ2) is 5.30. The van der Waals surface area contributed by atoms with Gasteiger partial charge in [-0.05, 0) is 25.8 Å². The van der Waals surface area contributed by atoms with Crippen molar-refractivity contribution in [3.05, 3.63) is 0 Å². The molecule has 0 aromatic heterocycles. The summed E-state index contributed by atoms with van der Waals surface area (Å²) >= 11 is 0. The number of piperazine rings is 1. The lowest BCUT2D eigenvalue weighted by atomic mass is 9.86. The van der Waals surface area contributed by atoms with Crippen LogP contribution in [-0.4, -0.2) is 54.3 Å². The van der Waals surface area contributed by atoms with Crippen molar-refractivity contribution in [2.24, 2.45) is 5.92 Å². The maximum atomic E-state index is 11.7. The molecular formula is C15H26N2O. The lowest BCUT2D eigenvalue weighted by Gasteiger charge is -2.48. The Bertz CT molecular complexity index is 294. The molecule has 0 amide bonds. The Hall–Kier alpha value is -0.410. The standard InChI is InChI=1S/C15H26N2O/c1-16-13-7-15(18)8-14(16)11-17(10-13)9-12-5-3-2-4-6-12/h12-14H,2-11H2,1H3. The molecule has 18 heavy (non-hydrogen) atoms. The van der Waals surface area contributed by atoms with Crippen molar-refractivity contribution in [1.29, 1.82) is 0 Å². The Labute approximate surface area is 111 Å². The molecule has 3 heteroatoms. The maximum absolute atomic E-state index is 11.7. The number of Topliss-reactive ketones (excluding diaryl/α,β-unsaturated/α-hetero) is 1. The van der Waals surface area contributed by atoms with Gasteiger partial charge in [-0.25, -0.2) is 0 Å². The molecule has 2 bridgehead atoms. The molecule has 2 saturated heterocycles. The van der Waals surface area contributed by atoms with E-state index < -0.39 is 0 Å². The Morgan fingerprint density at radius 3 is 2.28 bits per heavy atom. The first-order valence-corrected chi connectivity index (χ1v) is 7.68. The van der Waals surface area contributed by atoms with Crippen LogP contribution in [0.2, 0.25) is 0 Å². The Morgan fingerprint density at radius 1 is 1.06 bits per heavy atom. The fourth-order valence-corrected chi connectivity index (χ4v) is 4.14. The van der Waals surface area contributed by atoms with E-state index in [1.807, 2.05) is 0 Å². The van der Waals surface area contributed by atoms with Gasteiger partial charge in [-0.2, -0.15) is 0 Å². The van der Waals surface area contributed by atoms with Gasteiger partial charge in [0.2, 0.25) is 0 Å². The molecule has 2 unspecified atom stereocenters. The summed E-state index contributed by atoms with van der Waals surface area (Å²) in [4.78, 5) is 16.8. The van der Waals surface area contributed by atoms with Crippen LogP contribution >= 0.6 is 0 Å². The first-order valence-electron chi connectivity index (χ1n) is 7.68. The molecule has 2 aliphatic heterocycles. The second-order valence-electron chi connectivity index (χ2n) is 6.64. The summed E-state index contributed by atoms with van der Waals surface area (Å²) in [7, 11) is 2.21. The van der Waals surface area contributed by atoms with Crippen LogP contribution in [0.15, 0.2) is 0 Å². The molecule has 0 spiro atoms. The molecule has 3 nitrogen and oxygen atoms in total. The number of piperidine rings is 1. The highest BCUT2D eigenvalue weighted by Crippen LogP contribution is 2.29. The summed E-state index contributed by atoms with van der Waals surface area (Å²) in [6.45, 7) is 3.53. The van der Waals surface area contributed by atoms with E-state index in [0.29, 0.717) is 17.9 Å². The van der Waals surface area contributed by atoms with Gasteiger partial charge in [0.1, 0.15) is 5.78 Å². The highest BCUT2D eigenvalue weighted by atomic mass is 16.1. The predicted molar refractivity (Wildman–Crippen MR) is 72.6 cm³/mol. The number of hydrogen-bond donors (Lipinski definition) is 0. The number of likely N-dealkylation sites (N-methyl/N-ethyl adjacent to an activating group) is 1. The monoisotopic (exact) mass is 250 g/mol. The Balaban J connectivity index is 1.57.